The number of hydrogen-bond donors (Lipinski definition) is 0. The van der Waals surface area contributed by atoms with Gasteiger partial charge in [0.15, 0.2) is 0 Å². The van der Waals surface area contributed by atoms with Crippen LogP contribution in [0, 0.1) is 11.8 Å². The molecule has 1 fully saturated rings. The molecule has 11 heavy (non-hydrogen) atoms. The Morgan fingerprint density at radius 2 is 2.36 bits per heavy atom. The summed E-state index contributed by atoms with van der Waals surface area (Å²) in [6, 6.07) is 0. The Bertz CT molecular complexity index is 186. The number of ketones is 1. The van der Waals surface area contributed by atoms with Gasteiger partial charge in [0.1, 0.15) is 5.78 Å². The van der Waals surface area contributed by atoms with Crippen LogP contribution in [0.3, 0.4) is 0 Å². The minimum absolute atomic E-state index is 0.0579. The number of esters is 1. The summed E-state index contributed by atoms with van der Waals surface area (Å²) in [6.45, 7) is 1.89. The number of rotatable bonds is 2. The van der Waals surface area contributed by atoms with Gasteiger partial charge in [-0.1, -0.05) is 6.92 Å². The highest BCUT2D eigenvalue weighted by molar-refractivity contribution is 5.91. The van der Waals surface area contributed by atoms with Crippen LogP contribution in [0.5, 0.6) is 0 Å². The van der Waals surface area contributed by atoms with E-state index in [1.54, 1.807) is 0 Å². The maximum Gasteiger partial charge on any atom is 0.306 e. The number of ether oxygens (including phenoxy) is 1. The van der Waals surface area contributed by atoms with Gasteiger partial charge < -0.3 is 4.74 Å². The van der Waals surface area contributed by atoms with Crippen molar-refractivity contribution < 1.29 is 14.3 Å². The predicted octanol–water partition coefficient (Wildman–Crippen LogP) is 0.775. The van der Waals surface area contributed by atoms with Gasteiger partial charge in [-0.3, -0.25) is 9.59 Å². The Hall–Kier alpha value is -0.860. The summed E-state index contributed by atoms with van der Waals surface area (Å²) in [4.78, 5) is 21.7. The lowest BCUT2D eigenvalue weighted by molar-refractivity contribution is -0.148. The Morgan fingerprint density at radius 3 is 2.73 bits per heavy atom. The number of Topliss-reactive ketones (excluding diaryl/α,β-unsaturated/α-hetero) is 1. The molecule has 3 heteroatoms. The maximum atomic E-state index is 11.0. The summed E-state index contributed by atoms with van der Waals surface area (Å²) >= 11 is 0. The zero-order valence-electron chi connectivity index (χ0n) is 6.79. The van der Waals surface area contributed by atoms with Crippen LogP contribution in [0.2, 0.25) is 0 Å². The summed E-state index contributed by atoms with van der Waals surface area (Å²) in [5, 5.41) is 0. The Kier molecular flexibility index (Phi) is 2.27. The van der Waals surface area contributed by atoms with Gasteiger partial charge in [-0.2, -0.15) is 0 Å². The highest BCUT2D eigenvalue weighted by Crippen LogP contribution is 2.31. The second-order valence-corrected chi connectivity index (χ2v) is 3.02. The lowest BCUT2D eigenvalue weighted by Gasteiger charge is -2.29. The van der Waals surface area contributed by atoms with E-state index < -0.39 is 0 Å². The molecule has 0 aromatic heterocycles. The van der Waals surface area contributed by atoms with Crippen molar-refractivity contribution in [1.82, 2.24) is 0 Å². The monoisotopic (exact) mass is 156 g/mol. The number of carbonyl (C=O) groups excluding carboxylic acids is 2. The smallest absolute Gasteiger partial charge is 0.306 e. The third kappa shape index (κ3) is 1.59. The van der Waals surface area contributed by atoms with Crippen molar-refractivity contribution in [3.05, 3.63) is 0 Å². The van der Waals surface area contributed by atoms with Crippen LogP contribution in [0.1, 0.15) is 19.8 Å². The molecule has 0 heterocycles. The quantitative estimate of drug-likeness (QED) is 0.555. The summed E-state index contributed by atoms with van der Waals surface area (Å²) in [5.41, 5.74) is 0. The summed E-state index contributed by atoms with van der Waals surface area (Å²) in [6.07, 6.45) is 1.10. The second-order valence-electron chi connectivity index (χ2n) is 3.02. The Morgan fingerprint density at radius 1 is 1.73 bits per heavy atom. The van der Waals surface area contributed by atoms with Crippen LogP contribution >= 0.6 is 0 Å². The third-order valence-corrected chi connectivity index (χ3v) is 2.17. The molecule has 3 nitrogen and oxygen atoms in total. The van der Waals surface area contributed by atoms with Gasteiger partial charge in [-0.05, 0) is 6.42 Å². The Balaban J connectivity index is 2.30. The van der Waals surface area contributed by atoms with E-state index in [9.17, 15) is 9.59 Å². The van der Waals surface area contributed by atoms with Crippen LogP contribution in [-0.2, 0) is 14.3 Å². The lowest BCUT2D eigenvalue weighted by atomic mass is 9.73. The molecule has 0 aromatic carbocycles. The van der Waals surface area contributed by atoms with Gasteiger partial charge in [0, 0.05) is 11.8 Å². The van der Waals surface area contributed by atoms with Crippen LogP contribution in [0.25, 0.3) is 0 Å². The van der Waals surface area contributed by atoms with Crippen molar-refractivity contribution in [2.24, 2.45) is 11.8 Å². The lowest BCUT2D eigenvalue weighted by Crippen LogP contribution is -2.36. The standard InChI is InChI=1S/C8H12O3/c1-5-3-6(8(5)10)4-7(9)11-2/h5-6H,3-4H2,1-2H3. The molecule has 0 amide bonds. The molecule has 0 saturated heterocycles. The van der Waals surface area contributed by atoms with Crippen molar-refractivity contribution in [3.63, 3.8) is 0 Å². The molecule has 0 aromatic rings. The first-order chi connectivity index (χ1) is 5.15. The van der Waals surface area contributed by atoms with Gasteiger partial charge in [0.25, 0.3) is 0 Å². The fourth-order valence-electron chi connectivity index (χ4n) is 1.37. The average Bonchev–Trinajstić information content (AvgIpc) is 2.03. The highest BCUT2D eigenvalue weighted by Gasteiger charge is 2.37. The van der Waals surface area contributed by atoms with Crippen LogP contribution in [0.4, 0.5) is 0 Å². The van der Waals surface area contributed by atoms with Gasteiger partial charge in [-0.15, -0.1) is 0 Å². The molecule has 0 N–H and O–H groups in total. The zero-order chi connectivity index (χ0) is 8.43. The van der Waals surface area contributed by atoms with Crippen molar-refractivity contribution in [2.45, 2.75) is 19.8 Å². The number of methoxy groups -OCH3 is 1. The van der Waals surface area contributed by atoms with E-state index in [4.69, 9.17) is 0 Å². The number of carbonyl (C=O) groups is 2. The molecule has 0 spiro atoms. The first-order valence-electron chi connectivity index (χ1n) is 3.75. The van der Waals surface area contributed by atoms with Crippen molar-refractivity contribution in [2.75, 3.05) is 7.11 Å². The van der Waals surface area contributed by atoms with E-state index in [0.29, 0.717) is 0 Å². The van der Waals surface area contributed by atoms with Crippen molar-refractivity contribution in [3.8, 4) is 0 Å². The normalized spacial score (nSPS) is 29.5. The van der Waals surface area contributed by atoms with E-state index in [0.717, 1.165) is 6.42 Å². The Labute approximate surface area is 65.7 Å². The molecule has 0 aliphatic heterocycles. The van der Waals surface area contributed by atoms with Crippen LogP contribution < -0.4 is 0 Å². The summed E-state index contributed by atoms with van der Waals surface area (Å²) in [7, 11) is 1.34. The zero-order valence-corrected chi connectivity index (χ0v) is 6.79. The highest BCUT2D eigenvalue weighted by atomic mass is 16.5. The first-order valence-corrected chi connectivity index (χ1v) is 3.75. The predicted molar refractivity (Wildman–Crippen MR) is 38.9 cm³/mol. The van der Waals surface area contributed by atoms with Crippen molar-refractivity contribution >= 4 is 11.8 Å². The van der Waals surface area contributed by atoms with E-state index in [1.165, 1.54) is 7.11 Å². The van der Waals surface area contributed by atoms with Gasteiger partial charge in [0.2, 0.25) is 0 Å². The summed E-state index contributed by atoms with van der Waals surface area (Å²) < 4.78 is 4.45. The molecule has 0 radical (unpaired) electrons. The summed E-state index contributed by atoms with van der Waals surface area (Å²) in [5.74, 6) is 0.0211. The van der Waals surface area contributed by atoms with Crippen LogP contribution in [0.15, 0.2) is 0 Å². The van der Waals surface area contributed by atoms with Gasteiger partial charge in [0.05, 0.1) is 13.5 Å². The molecule has 1 saturated carbocycles. The molecule has 2 unspecified atom stereocenters. The second kappa shape index (κ2) is 3.03. The largest absolute Gasteiger partial charge is 0.469 e. The minimum Gasteiger partial charge on any atom is -0.469 e. The maximum absolute atomic E-state index is 11.0. The molecule has 0 bridgehead atoms. The molecular formula is C8H12O3. The molecule has 62 valence electrons. The third-order valence-electron chi connectivity index (χ3n) is 2.17. The van der Waals surface area contributed by atoms with Crippen LogP contribution in [-0.4, -0.2) is 18.9 Å². The molecular weight excluding hydrogens is 144 g/mol. The topological polar surface area (TPSA) is 43.4 Å². The fraction of sp³-hybridized carbons (Fsp3) is 0.750. The van der Waals surface area contributed by atoms with Gasteiger partial charge >= 0.3 is 5.97 Å². The SMILES string of the molecule is COC(=O)CC1CC(C)C1=O. The van der Waals surface area contributed by atoms with E-state index >= 15 is 0 Å². The first kappa shape index (κ1) is 8.24. The van der Waals surface area contributed by atoms with Gasteiger partial charge in [-0.25, -0.2) is 0 Å². The fourth-order valence-corrected chi connectivity index (χ4v) is 1.37. The molecule has 1 rings (SSSR count). The average molecular weight is 156 g/mol. The van der Waals surface area contributed by atoms with E-state index in [1.807, 2.05) is 6.92 Å². The molecule has 2 atom stereocenters. The van der Waals surface area contributed by atoms with Crippen molar-refractivity contribution in [1.29, 1.82) is 0 Å². The molecule has 1 aliphatic rings. The van der Waals surface area contributed by atoms with E-state index in [2.05, 4.69) is 4.74 Å². The minimum atomic E-state index is -0.282. The number of hydrogen-bond acceptors (Lipinski definition) is 3. The van der Waals surface area contributed by atoms with E-state index in [-0.39, 0.29) is 30.0 Å². The molecule has 1 aliphatic carbocycles.